The van der Waals surface area contributed by atoms with Crippen LogP contribution >= 0.6 is 11.8 Å². The van der Waals surface area contributed by atoms with E-state index < -0.39 is 0 Å². The lowest BCUT2D eigenvalue weighted by atomic mass is 10.2. The minimum absolute atomic E-state index is 0.139. The molecular formula is C18H16FN3O2S. The largest absolute Gasteiger partial charge is 0.351 e. The van der Waals surface area contributed by atoms with Crippen LogP contribution in [-0.2, 0) is 18.4 Å². The molecule has 0 aliphatic rings. The lowest BCUT2D eigenvalue weighted by Gasteiger charge is -2.09. The van der Waals surface area contributed by atoms with Crippen LogP contribution in [0.5, 0.6) is 0 Å². The number of aromatic nitrogens is 2. The number of amides is 1. The predicted octanol–water partition coefficient (Wildman–Crippen LogP) is 2.48. The number of halogens is 1. The van der Waals surface area contributed by atoms with Crippen LogP contribution in [0.3, 0.4) is 0 Å². The number of nitrogens with one attached hydrogen (secondary N) is 1. The molecule has 2 aromatic carbocycles. The van der Waals surface area contributed by atoms with Crippen molar-refractivity contribution in [3.05, 3.63) is 70.3 Å². The molecule has 7 heteroatoms. The predicted molar refractivity (Wildman–Crippen MR) is 96.0 cm³/mol. The van der Waals surface area contributed by atoms with Crippen molar-refractivity contribution >= 4 is 28.6 Å². The molecule has 0 aliphatic carbocycles. The van der Waals surface area contributed by atoms with Gasteiger partial charge in [0.25, 0.3) is 5.56 Å². The fourth-order valence-electron chi connectivity index (χ4n) is 2.31. The molecule has 0 saturated heterocycles. The molecule has 0 unspecified atom stereocenters. The van der Waals surface area contributed by atoms with Crippen LogP contribution in [0.25, 0.3) is 10.9 Å². The van der Waals surface area contributed by atoms with Crippen molar-refractivity contribution in [3.8, 4) is 0 Å². The van der Waals surface area contributed by atoms with Gasteiger partial charge in [0.2, 0.25) is 5.91 Å². The third-order valence-electron chi connectivity index (χ3n) is 3.68. The highest BCUT2D eigenvalue weighted by atomic mass is 32.2. The number of fused-ring (bicyclic) bond motifs is 1. The van der Waals surface area contributed by atoms with Crippen molar-refractivity contribution in [2.24, 2.45) is 7.05 Å². The molecule has 0 radical (unpaired) electrons. The number of thioether (sulfide) groups is 1. The molecule has 0 atom stereocenters. The molecule has 1 heterocycles. The number of nitrogens with zero attached hydrogens (tertiary/aromatic N) is 2. The smallest absolute Gasteiger partial charge is 0.261 e. The van der Waals surface area contributed by atoms with Crippen molar-refractivity contribution < 1.29 is 9.18 Å². The Morgan fingerprint density at radius 2 is 1.92 bits per heavy atom. The minimum Gasteiger partial charge on any atom is -0.351 e. The van der Waals surface area contributed by atoms with E-state index in [0.29, 0.717) is 22.6 Å². The average molecular weight is 357 g/mol. The standard InChI is InChI=1S/C18H16FN3O2S/c1-22-17(24)14-4-2-3-5-15(14)21-18(22)25-11-16(23)20-10-12-6-8-13(19)9-7-12/h2-9H,10-11H2,1H3,(H,20,23). The minimum atomic E-state index is -0.311. The van der Waals surface area contributed by atoms with E-state index in [4.69, 9.17) is 0 Å². The van der Waals surface area contributed by atoms with Gasteiger partial charge in [-0.1, -0.05) is 36.0 Å². The maximum absolute atomic E-state index is 12.9. The number of hydrogen-bond donors (Lipinski definition) is 1. The molecule has 5 nitrogen and oxygen atoms in total. The lowest BCUT2D eigenvalue weighted by molar-refractivity contribution is -0.118. The Morgan fingerprint density at radius 1 is 1.20 bits per heavy atom. The van der Waals surface area contributed by atoms with Gasteiger partial charge in [-0.3, -0.25) is 14.2 Å². The Balaban J connectivity index is 1.64. The molecule has 1 N–H and O–H groups in total. The van der Waals surface area contributed by atoms with Gasteiger partial charge in [-0.2, -0.15) is 0 Å². The van der Waals surface area contributed by atoms with Crippen LogP contribution in [0.15, 0.2) is 58.5 Å². The van der Waals surface area contributed by atoms with Crippen LogP contribution in [-0.4, -0.2) is 21.2 Å². The summed E-state index contributed by atoms with van der Waals surface area (Å²) in [6, 6.07) is 13.1. The number of carbonyl (C=O) groups excluding carboxylic acids is 1. The molecule has 0 spiro atoms. The molecule has 25 heavy (non-hydrogen) atoms. The van der Waals surface area contributed by atoms with Crippen LogP contribution in [0.2, 0.25) is 0 Å². The molecule has 0 saturated carbocycles. The first-order valence-corrected chi connectivity index (χ1v) is 8.63. The van der Waals surface area contributed by atoms with Crippen LogP contribution < -0.4 is 10.9 Å². The summed E-state index contributed by atoms with van der Waals surface area (Å²) in [5.74, 6) is -0.356. The molecule has 0 fully saturated rings. The third kappa shape index (κ3) is 4.06. The Bertz CT molecular complexity index is 970. The van der Waals surface area contributed by atoms with Gasteiger partial charge in [-0.15, -0.1) is 0 Å². The quantitative estimate of drug-likeness (QED) is 0.563. The van der Waals surface area contributed by atoms with E-state index in [2.05, 4.69) is 10.3 Å². The topological polar surface area (TPSA) is 64.0 Å². The highest BCUT2D eigenvalue weighted by Gasteiger charge is 2.10. The van der Waals surface area contributed by atoms with Crippen molar-refractivity contribution in [1.29, 1.82) is 0 Å². The van der Waals surface area contributed by atoms with Crippen molar-refractivity contribution in [1.82, 2.24) is 14.9 Å². The van der Waals surface area contributed by atoms with Gasteiger partial charge in [0.05, 0.1) is 16.7 Å². The van der Waals surface area contributed by atoms with Crippen LogP contribution in [0.1, 0.15) is 5.56 Å². The van der Waals surface area contributed by atoms with E-state index >= 15 is 0 Å². The summed E-state index contributed by atoms with van der Waals surface area (Å²) < 4.78 is 14.3. The molecular weight excluding hydrogens is 341 g/mol. The number of hydrogen-bond acceptors (Lipinski definition) is 4. The monoisotopic (exact) mass is 357 g/mol. The normalized spacial score (nSPS) is 10.8. The van der Waals surface area contributed by atoms with Gasteiger partial charge in [-0.25, -0.2) is 9.37 Å². The maximum atomic E-state index is 12.9. The SMILES string of the molecule is Cn1c(SCC(=O)NCc2ccc(F)cc2)nc2ccccc2c1=O. The zero-order chi connectivity index (χ0) is 17.8. The summed E-state index contributed by atoms with van der Waals surface area (Å²) in [5, 5.41) is 3.80. The number of rotatable bonds is 5. The highest BCUT2D eigenvalue weighted by molar-refractivity contribution is 7.99. The Labute approximate surface area is 147 Å². The first-order valence-electron chi connectivity index (χ1n) is 7.64. The van der Waals surface area contributed by atoms with Crippen LogP contribution in [0.4, 0.5) is 4.39 Å². The van der Waals surface area contributed by atoms with Gasteiger partial charge in [0, 0.05) is 13.6 Å². The second kappa shape index (κ2) is 7.48. The first-order chi connectivity index (χ1) is 12.0. The van der Waals surface area contributed by atoms with E-state index in [1.807, 2.05) is 6.07 Å². The Morgan fingerprint density at radius 3 is 2.68 bits per heavy atom. The summed E-state index contributed by atoms with van der Waals surface area (Å²) >= 11 is 1.20. The maximum Gasteiger partial charge on any atom is 0.261 e. The fourth-order valence-corrected chi connectivity index (χ4v) is 3.11. The summed E-state index contributed by atoms with van der Waals surface area (Å²) in [6.07, 6.45) is 0. The van der Waals surface area contributed by atoms with E-state index in [-0.39, 0.29) is 23.0 Å². The number of benzene rings is 2. The molecule has 0 aliphatic heterocycles. The molecule has 128 valence electrons. The summed E-state index contributed by atoms with van der Waals surface area (Å²) in [6.45, 7) is 0.323. The van der Waals surface area contributed by atoms with E-state index in [1.165, 1.54) is 28.5 Å². The van der Waals surface area contributed by atoms with E-state index in [9.17, 15) is 14.0 Å². The summed E-state index contributed by atoms with van der Waals surface area (Å²) in [5.41, 5.74) is 1.29. The third-order valence-corrected chi connectivity index (χ3v) is 4.71. The van der Waals surface area contributed by atoms with Crippen molar-refractivity contribution in [2.45, 2.75) is 11.7 Å². The van der Waals surface area contributed by atoms with Crippen molar-refractivity contribution in [2.75, 3.05) is 5.75 Å². The Hall–Kier alpha value is -2.67. The van der Waals surface area contributed by atoms with E-state index in [1.54, 1.807) is 37.4 Å². The molecule has 0 bridgehead atoms. The van der Waals surface area contributed by atoms with Gasteiger partial charge in [0.15, 0.2) is 5.16 Å². The van der Waals surface area contributed by atoms with Gasteiger partial charge >= 0.3 is 0 Å². The summed E-state index contributed by atoms with van der Waals surface area (Å²) in [7, 11) is 1.64. The summed E-state index contributed by atoms with van der Waals surface area (Å²) in [4.78, 5) is 28.7. The second-order valence-corrected chi connectivity index (χ2v) is 6.41. The zero-order valence-electron chi connectivity index (χ0n) is 13.5. The van der Waals surface area contributed by atoms with Crippen LogP contribution in [0, 0.1) is 5.82 Å². The second-order valence-electron chi connectivity index (χ2n) is 5.47. The number of carbonyl (C=O) groups is 1. The van der Waals surface area contributed by atoms with Crippen molar-refractivity contribution in [3.63, 3.8) is 0 Å². The van der Waals surface area contributed by atoms with Gasteiger partial charge in [0.1, 0.15) is 5.82 Å². The van der Waals surface area contributed by atoms with Gasteiger partial charge < -0.3 is 5.32 Å². The average Bonchev–Trinajstić information content (AvgIpc) is 2.63. The van der Waals surface area contributed by atoms with Gasteiger partial charge in [-0.05, 0) is 29.8 Å². The highest BCUT2D eigenvalue weighted by Crippen LogP contribution is 2.16. The molecule has 1 aromatic heterocycles. The molecule has 3 rings (SSSR count). The van der Waals surface area contributed by atoms with E-state index in [0.717, 1.165) is 5.56 Å². The molecule has 1 amide bonds. The Kier molecular flexibility index (Phi) is 5.14. The fraction of sp³-hybridized carbons (Fsp3) is 0.167. The molecule has 3 aromatic rings. The number of para-hydroxylation sites is 1. The first kappa shape index (κ1) is 17.2. The lowest BCUT2D eigenvalue weighted by Crippen LogP contribution is -2.25. The zero-order valence-corrected chi connectivity index (χ0v) is 14.3.